The van der Waals surface area contributed by atoms with Crippen LogP contribution in [0.4, 0.5) is 17.3 Å². The van der Waals surface area contributed by atoms with Crippen molar-refractivity contribution < 1.29 is 4.79 Å². The smallest absolute Gasteiger partial charge is 0.230 e. The van der Waals surface area contributed by atoms with Crippen molar-refractivity contribution in [1.29, 1.82) is 0 Å². The van der Waals surface area contributed by atoms with Crippen LogP contribution in [-0.4, -0.2) is 22.6 Å². The molecule has 0 aliphatic carbocycles. The van der Waals surface area contributed by atoms with Gasteiger partial charge in [0.25, 0.3) is 0 Å². The number of hydrogen-bond donors (Lipinski definition) is 1. The van der Waals surface area contributed by atoms with Crippen LogP contribution >= 0.6 is 11.3 Å². The predicted molar refractivity (Wildman–Crippen MR) is 103 cm³/mol. The molecule has 6 heteroatoms. The van der Waals surface area contributed by atoms with Crippen LogP contribution in [0, 0.1) is 6.92 Å². The summed E-state index contributed by atoms with van der Waals surface area (Å²) in [5.74, 6) is 1.13. The van der Waals surface area contributed by atoms with E-state index in [1.165, 1.54) is 5.56 Å². The Kier molecular flexibility index (Phi) is 5.40. The quantitative estimate of drug-likeness (QED) is 0.723. The molecule has 25 heavy (non-hydrogen) atoms. The summed E-state index contributed by atoms with van der Waals surface area (Å²) in [4.78, 5) is 15.1. The molecule has 0 saturated carbocycles. The summed E-state index contributed by atoms with van der Waals surface area (Å²) < 4.78 is 0. The fraction of sp³-hybridized carbons (Fsp3) is 0.211. The molecule has 2 heterocycles. The molecule has 0 aliphatic rings. The van der Waals surface area contributed by atoms with E-state index in [-0.39, 0.29) is 5.91 Å². The zero-order chi connectivity index (χ0) is 17.6. The van der Waals surface area contributed by atoms with Crippen molar-refractivity contribution in [1.82, 2.24) is 10.2 Å². The second-order valence-electron chi connectivity index (χ2n) is 5.66. The van der Waals surface area contributed by atoms with E-state index in [4.69, 9.17) is 0 Å². The largest absolute Gasteiger partial charge is 0.325 e. The minimum absolute atomic E-state index is 0.0875. The number of nitrogens with one attached hydrogen (secondary N) is 1. The molecule has 0 radical (unpaired) electrons. The van der Waals surface area contributed by atoms with Crippen LogP contribution in [-0.2, 0) is 11.2 Å². The van der Waals surface area contributed by atoms with E-state index in [2.05, 4.69) is 52.5 Å². The van der Waals surface area contributed by atoms with Crippen molar-refractivity contribution >= 4 is 34.6 Å². The lowest BCUT2D eigenvalue weighted by Crippen LogP contribution is -2.19. The SMILES string of the molecule is CCN(c1cccc(C)c1)c1ccc(NC(=O)Cc2cccs2)nn1. The van der Waals surface area contributed by atoms with Gasteiger partial charge in [0.05, 0.1) is 6.42 Å². The number of thiophene rings is 1. The summed E-state index contributed by atoms with van der Waals surface area (Å²) >= 11 is 1.57. The Bertz CT molecular complexity index is 831. The number of aromatic nitrogens is 2. The number of nitrogens with zero attached hydrogens (tertiary/aromatic N) is 3. The van der Waals surface area contributed by atoms with Gasteiger partial charge in [0, 0.05) is 17.1 Å². The highest BCUT2D eigenvalue weighted by Gasteiger charge is 2.11. The number of aryl methyl sites for hydroxylation is 1. The standard InChI is InChI=1S/C19H20N4OS/c1-3-23(15-7-4-6-14(2)12-15)18-10-9-17(21-22-18)20-19(24)13-16-8-5-11-25-16/h4-12H,3,13H2,1-2H3,(H,20,21,24). The van der Waals surface area contributed by atoms with Crippen molar-refractivity contribution in [2.75, 3.05) is 16.8 Å². The van der Waals surface area contributed by atoms with Gasteiger partial charge in [-0.1, -0.05) is 18.2 Å². The Labute approximate surface area is 151 Å². The molecule has 0 aliphatic heterocycles. The minimum Gasteiger partial charge on any atom is -0.325 e. The van der Waals surface area contributed by atoms with Crippen molar-refractivity contribution in [2.24, 2.45) is 0 Å². The zero-order valence-corrected chi connectivity index (χ0v) is 15.1. The fourth-order valence-electron chi connectivity index (χ4n) is 2.57. The lowest BCUT2D eigenvalue weighted by atomic mass is 10.2. The first-order chi connectivity index (χ1) is 12.2. The van der Waals surface area contributed by atoms with Gasteiger partial charge in [-0.15, -0.1) is 21.5 Å². The van der Waals surface area contributed by atoms with Crippen molar-refractivity contribution in [3.63, 3.8) is 0 Å². The normalized spacial score (nSPS) is 10.5. The van der Waals surface area contributed by atoms with Crippen LogP contribution in [0.15, 0.2) is 53.9 Å². The molecular formula is C19H20N4OS. The van der Waals surface area contributed by atoms with Crippen LogP contribution in [0.5, 0.6) is 0 Å². The Balaban J connectivity index is 1.69. The highest BCUT2D eigenvalue weighted by molar-refractivity contribution is 7.10. The lowest BCUT2D eigenvalue weighted by Gasteiger charge is -2.22. The predicted octanol–water partition coefficient (Wildman–Crippen LogP) is 4.19. The van der Waals surface area contributed by atoms with Gasteiger partial charge >= 0.3 is 0 Å². The van der Waals surface area contributed by atoms with E-state index in [9.17, 15) is 4.79 Å². The Morgan fingerprint density at radius 3 is 2.68 bits per heavy atom. The van der Waals surface area contributed by atoms with Gasteiger partial charge in [-0.3, -0.25) is 4.79 Å². The van der Waals surface area contributed by atoms with Crippen LogP contribution < -0.4 is 10.2 Å². The number of carbonyl (C=O) groups excluding carboxylic acids is 1. The molecule has 0 fully saturated rings. The summed E-state index contributed by atoms with van der Waals surface area (Å²) in [7, 11) is 0. The second kappa shape index (κ2) is 7.90. The van der Waals surface area contributed by atoms with E-state index >= 15 is 0 Å². The van der Waals surface area contributed by atoms with E-state index in [0.29, 0.717) is 12.2 Å². The molecule has 3 aromatic rings. The minimum atomic E-state index is -0.0875. The average molecular weight is 352 g/mol. The van der Waals surface area contributed by atoms with E-state index in [1.54, 1.807) is 17.4 Å². The van der Waals surface area contributed by atoms with Crippen LogP contribution in [0.3, 0.4) is 0 Å². The molecule has 0 atom stereocenters. The number of carbonyl (C=O) groups is 1. The van der Waals surface area contributed by atoms with Gasteiger partial charge in [0.1, 0.15) is 0 Å². The first-order valence-electron chi connectivity index (χ1n) is 8.16. The number of amides is 1. The summed E-state index contributed by atoms with van der Waals surface area (Å²) in [5, 5.41) is 13.2. The fourth-order valence-corrected chi connectivity index (χ4v) is 3.27. The molecule has 0 bridgehead atoms. The average Bonchev–Trinajstić information content (AvgIpc) is 3.10. The van der Waals surface area contributed by atoms with Crippen molar-refractivity contribution in [2.45, 2.75) is 20.3 Å². The van der Waals surface area contributed by atoms with Crippen molar-refractivity contribution in [3.05, 3.63) is 64.4 Å². The van der Waals surface area contributed by atoms with Gasteiger partial charge < -0.3 is 10.2 Å². The Morgan fingerprint density at radius 2 is 2.04 bits per heavy atom. The maximum Gasteiger partial charge on any atom is 0.230 e. The summed E-state index contributed by atoms with van der Waals surface area (Å²) in [5.41, 5.74) is 2.27. The van der Waals surface area contributed by atoms with Crippen molar-refractivity contribution in [3.8, 4) is 0 Å². The highest BCUT2D eigenvalue weighted by atomic mass is 32.1. The highest BCUT2D eigenvalue weighted by Crippen LogP contribution is 2.24. The molecule has 1 N–H and O–H groups in total. The maximum absolute atomic E-state index is 12.0. The van der Waals surface area contributed by atoms with Gasteiger partial charge in [-0.2, -0.15) is 0 Å². The van der Waals surface area contributed by atoms with Crippen LogP contribution in [0.2, 0.25) is 0 Å². The molecule has 5 nitrogen and oxygen atoms in total. The van der Waals surface area contributed by atoms with Crippen LogP contribution in [0.1, 0.15) is 17.4 Å². The van der Waals surface area contributed by atoms with Gasteiger partial charge in [-0.05, 0) is 55.1 Å². The first kappa shape index (κ1) is 17.1. The third kappa shape index (κ3) is 4.42. The summed E-state index contributed by atoms with van der Waals surface area (Å²) in [6, 6.07) is 15.8. The zero-order valence-electron chi connectivity index (χ0n) is 14.3. The molecule has 0 saturated heterocycles. The number of hydrogen-bond acceptors (Lipinski definition) is 5. The Hall–Kier alpha value is -2.73. The topological polar surface area (TPSA) is 58.1 Å². The second-order valence-corrected chi connectivity index (χ2v) is 6.70. The van der Waals surface area contributed by atoms with E-state index in [0.717, 1.165) is 22.9 Å². The van der Waals surface area contributed by atoms with Crippen LogP contribution in [0.25, 0.3) is 0 Å². The molecule has 128 valence electrons. The lowest BCUT2D eigenvalue weighted by molar-refractivity contribution is -0.115. The third-order valence-electron chi connectivity index (χ3n) is 3.74. The van der Waals surface area contributed by atoms with Gasteiger partial charge in [0.2, 0.25) is 5.91 Å². The Morgan fingerprint density at radius 1 is 1.16 bits per heavy atom. The molecule has 1 aromatic carbocycles. The summed E-state index contributed by atoms with van der Waals surface area (Å²) in [6.07, 6.45) is 0.353. The van der Waals surface area contributed by atoms with E-state index < -0.39 is 0 Å². The van der Waals surface area contributed by atoms with Gasteiger partial charge in [-0.25, -0.2) is 0 Å². The first-order valence-corrected chi connectivity index (χ1v) is 9.04. The number of benzene rings is 1. The molecule has 3 rings (SSSR count). The number of rotatable bonds is 6. The number of anilines is 3. The monoisotopic (exact) mass is 352 g/mol. The molecule has 0 spiro atoms. The molecule has 0 unspecified atom stereocenters. The van der Waals surface area contributed by atoms with Gasteiger partial charge in [0.15, 0.2) is 11.6 Å². The summed E-state index contributed by atoms with van der Waals surface area (Å²) in [6.45, 7) is 4.91. The maximum atomic E-state index is 12.0. The third-order valence-corrected chi connectivity index (χ3v) is 4.62. The molecular weight excluding hydrogens is 332 g/mol. The molecule has 2 aromatic heterocycles. The van der Waals surface area contributed by atoms with E-state index in [1.807, 2.05) is 29.6 Å². The molecule has 1 amide bonds.